The van der Waals surface area contributed by atoms with Crippen LogP contribution in [0.3, 0.4) is 0 Å². The van der Waals surface area contributed by atoms with E-state index in [-0.39, 0.29) is 32.6 Å². The minimum Gasteiger partial charge on any atom is -0.462 e. The smallest absolute Gasteiger partial charge is 0.462 e. The summed E-state index contributed by atoms with van der Waals surface area (Å²) >= 11 is 0. The lowest BCUT2D eigenvalue weighted by molar-refractivity contribution is -0.161. The molecule has 1 unspecified atom stereocenters. The van der Waals surface area contributed by atoms with Gasteiger partial charge in [0.15, 0.2) is 6.10 Å². The first kappa shape index (κ1) is 48.5. The molecule has 9 nitrogen and oxygen atoms in total. The third-order valence-corrected chi connectivity index (χ3v) is 8.66. The Morgan fingerprint density at radius 2 is 1.16 bits per heavy atom. The van der Waals surface area contributed by atoms with Gasteiger partial charge < -0.3 is 20.1 Å². The first-order chi connectivity index (χ1) is 24.8. The molecule has 0 saturated heterocycles. The number of hydrogen-bond donors (Lipinski definition) is 2. The highest BCUT2D eigenvalue weighted by atomic mass is 31.2. The van der Waals surface area contributed by atoms with Crippen LogP contribution in [0.25, 0.3) is 0 Å². The number of ether oxygens (including phenoxy) is 2. The standard InChI is InChI=1S/C41H70NO8P/c1-3-5-7-9-11-13-15-17-19-21-23-25-27-29-31-33-40(43)47-37-39(38-49-51(45,46)48-36-35-42)50-41(44)34-32-30-28-26-24-22-20-18-16-14-12-10-8-6-4-2/h6,8,10,12,14,16-20,23,25,39H,3-5,7,9,11,13,15,21-22,24,26-38,42H2,1-2H3,(H,45,46)/b8-6+,12-10+,16-14+,19-17+,20-18+,25-23+/t39-/m1/s1. The van der Waals surface area contributed by atoms with E-state index in [0.717, 1.165) is 64.2 Å². The van der Waals surface area contributed by atoms with Crippen molar-refractivity contribution in [3.63, 3.8) is 0 Å². The SMILES string of the molecule is CC/C=C/C=C/C=C/C=C/CCCCCCCC(=O)O[C@H](COC(=O)CCCC/C=C/C/C=C/CCCCCCCC)COP(=O)(O)OCCN. The molecule has 0 spiro atoms. The summed E-state index contributed by atoms with van der Waals surface area (Å²) < 4.78 is 32.6. The molecule has 0 aromatic carbocycles. The number of carbonyl (C=O) groups is 2. The van der Waals surface area contributed by atoms with Crippen LogP contribution >= 0.6 is 7.82 Å². The second-order valence-electron chi connectivity index (χ2n) is 12.5. The molecule has 0 saturated carbocycles. The van der Waals surface area contributed by atoms with Crippen molar-refractivity contribution in [1.82, 2.24) is 0 Å². The predicted octanol–water partition coefficient (Wildman–Crippen LogP) is 10.7. The number of carbonyl (C=O) groups excluding carboxylic acids is 2. The van der Waals surface area contributed by atoms with Gasteiger partial charge in [0.25, 0.3) is 0 Å². The summed E-state index contributed by atoms with van der Waals surface area (Å²) in [7, 11) is -4.39. The molecule has 0 heterocycles. The molecule has 0 fully saturated rings. The van der Waals surface area contributed by atoms with Gasteiger partial charge in [0.2, 0.25) is 0 Å². The first-order valence-electron chi connectivity index (χ1n) is 19.5. The highest BCUT2D eigenvalue weighted by Crippen LogP contribution is 2.43. The molecule has 0 radical (unpaired) electrons. The van der Waals surface area contributed by atoms with Gasteiger partial charge in [0.05, 0.1) is 13.2 Å². The monoisotopic (exact) mass is 735 g/mol. The van der Waals surface area contributed by atoms with Gasteiger partial charge in [-0.2, -0.15) is 0 Å². The van der Waals surface area contributed by atoms with Gasteiger partial charge in [-0.25, -0.2) is 4.57 Å². The van der Waals surface area contributed by atoms with E-state index in [1.54, 1.807) is 0 Å². The summed E-state index contributed by atoms with van der Waals surface area (Å²) in [6.07, 6.45) is 43.6. The molecule has 51 heavy (non-hydrogen) atoms. The van der Waals surface area contributed by atoms with E-state index in [1.807, 2.05) is 30.4 Å². The Kier molecular flexibility index (Phi) is 35.4. The van der Waals surface area contributed by atoms with Crippen LogP contribution in [-0.4, -0.2) is 49.3 Å². The van der Waals surface area contributed by atoms with E-state index in [9.17, 15) is 19.0 Å². The Morgan fingerprint density at radius 3 is 1.80 bits per heavy atom. The van der Waals surface area contributed by atoms with Crippen molar-refractivity contribution in [2.45, 2.75) is 148 Å². The fourth-order valence-corrected chi connectivity index (χ4v) is 5.56. The van der Waals surface area contributed by atoms with E-state index >= 15 is 0 Å². The quantitative estimate of drug-likeness (QED) is 0.0214. The van der Waals surface area contributed by atoms with Crippen molar-refractivity contribution in [1.29, 1.82) is 0 Å². The summed E-state index contributed by atoms with van der Waals surface area (Å²) in [6.45, 7) is 3.49. The molecule has 10 heteroatoms. The van der Waals surface area contributed by atoms with Crippen LogP contribution in [-0.2, 0) is 32.7 Å². The van der Waals surface area contributed by atoms with Crippen molar-refractivity contribution in [2.24, 2.45) is 5.73 Å². The second kappa shape index (κ2) is 37.2. The number of phosphoric ester groups is 1. The van der Waals surface area contributed by atoms with Gasteiger partial charge in [-0.05, 0) is 64.2 Å². The summed E-state index contributed by atoms with van der Waals surface area (Å²) in [4.78, 5) is 34.7. The molecule has 0 aromatic heterocycles. The van der Waals surface area contributed by atoms with Gasteiger partial charge in [-0.1, -0.05) is 138 Å². The lowest BCUT2D eigenvalue weighted by Crippen LogP contribution is -2.29. The van der Waals surface area contributed by atoms with Crippen LogP contribution in [0.1, 0.15) is 142 Å². The van der Waals surface area contributed by atoms with Crippen molar-refractivity contribution in [3.05, 3.63) is 72.9 Å². The number of nitrogens with two attached hydrogens (primary N) is 1. The summed E-state index contributed by atoms with van der Waals surface area (Å²) in [5.74, 6) is -0.903. The fourth-order valence-electron chi connectivity index (χ4n) is 4.79. The number of rotatable bonds is 35. The zero-order valence-corrected chi connectivity index (χ0v) is 32.7. The fraction of sp³-hybridized carbons (Fsp3) is 0.659. The molecular weight excluding hydrogens is 665 g/mol. The highest BCUT2D eigenvalue weighted by Gasteiger charge is 2.25. The van der Waals surface area contributed by atoms with Crippen molar-refractivity contribution in [3.8, 4) is 0 Å². The van der Waals surface area contributed by atoms with Gasteiger partial charge >= 0.3 is 19.8 Å². The minimum absolute atomic E-state index is 0.0410. The summed E-state index contributed by atoms with van der Waals surface area (Å²) in [6, 6.07) is 0. The van der Waals surface area contributed by atoms with E-state index < -0.39 is 32.5 Å². The Hall–Kier alpha value is -2.55. The molecule has 0 aliphatic heterocycles. The normalized spacial score (nSPS) is 14.2. The third-order valence-electron chi connectivity index (χ3n) is 7.67. The Balaban J connectivity index is 4.33. The van der Waals surface area contributed by atoms with Crippen LogP contribution in [0.2, 0.25) is 0 Å². The summed E-state index contributed by atoms with van der Waals surface area (Å²) in [5.41, 5.74) is 5.33. The van der Waals surface area contributed by atoms with E-state index in [4.69, 9.17) is 24.3 Å². The molecule has 0 rings (SSSR count). The first-order valence-corrected chi connectivity index (χ1v) is 21.0. The Bertz CT molecular complexity index is 1070. The number of unbranched alkanes of at least 4 members (excludes halogenated alkanes) is 13. The predicted molar refractivity (Wildman–Crippen MR) is 210 cm³/mol. The zero-order chi connectivity index (χ0) is 37.5. The molecule has 0 aliphatic carbocycles. The number of allylic oxidation sites excluding steroid dienone is 12. The lowest BCUT2D eigenvalue weighted by atomic mass is 10.1. The maximum absolute atomic E-state index is 12.5. The number of esters is 2. The van der Waals surface area contributed by atoms with E-state index in [1.165, 1.54) is 38.5 Å². The molecule has 0 aromatic rings. The molecule has 0 bridgehead atoms. The zero-order valence-electron chi connectivity index (χ0n) is 31.8. The average Bonchev–Trinajstić information content (AvgIpc) is 3.11. The average molecular weight is 736 g/mol. The van der Waals surface area contributed by atoms with Crippen LogP contribution < -0.4 is 5.73 Å². The van der Waals surface area contributed by atoms with E-state index in [0.29, 0.717) is 12.8 Å². The topological polar surface area (TPSA) is 134 Å². The van der Waals surface area contributed by atoms with Gasteiger partial charge in [-0.15, -0.1) is 0 Å². The largest absolute Gasteiger partial charge is 0.472 e. The molecular formula is C41H70NO8P. The van der Waals surface area contributed by atoms with Crippen molar-refractivity contribution >= 4 is 19.8 Å². The second-order valence-corrected chi connectivity index (χ2v) is 14.0. The van der Waals surface area contributed by atoms with Crippen molar-refractivity contribution < 1.29 is 37.6 Å². The van der Waals surface area contributed by atoms with Crippen molar-refractivity contribution in [2.75, 3.05) is 26.4 Å². The number of phosphoric acid groups is 1. The Labute approximate surface area is 310 Å². The molecule has 292 valence electrons. The Morgan fingerprint density at radius 1 is 0.627 bits per heavy atom. The molecule has 0 amide bonds. The molecule has 3 N–H and O–H groups in total. The summed E-state index contributed by atoms with van der Waals surface area (Å²) in [5, 5.41) is 0. The highest BCUT2D eigenvalue weighted by molar-refractivity contribution is 7.47. The third kappa shape index (κ3) is 37.0. The van der Waals surface area contributed by atoms with Crippen LogP contribution in [0.4, 0.5) is 0 Å². The maximum Gasteiger partial charge on any atom is 0.472 e. The minimum atomic E-state index is -4.39. The molecule has 0 aliphatic rings. The lowest BCUT2D eigenvalue weighted by Gasteiger charge is -2.19. The van der Waals surface area contributed by atoms with Crippen LogP contribution in [0.5, 0.6) is 0 Å². The van der Waals surface area contributed by atoms with E-state index in [2.05, 4.69) is 56.4 Å². The van der Waals surface area contributed by atoms with Gasteiger partial charge in [-0.3, -0.25) is 18.6 Å². The van der Waals surface area contributed by atoms with Gasteiger partial charge in [0.1, 0.15) is 6.61 Å². The number of hydrogen-bond acceptors (Lipinski definition) is 8. The van der Waals surface area contributed by atoms with Crippen LogP contribution in [0, 0.1) is 0 Å². The van der Waals surface area contributed by atoms with Gasteiger partial charge in [0, 0.05) is 19.4 Å². The maximum atomic E-state index is 12.5. The molecule has 2 atom stereocenters. The van der Waals surface area contributed by atoms with Crippen LogP contribution in [0.15, 0.2) is 72.9 Å².